The van der Waals surface area contributed by atoms with Gasteiger partial charge in [0.2, 0.25) is 0 Å². The first-order valence-electron chi connectivity index (χ1n) is 22.1. The molecule has 0 aliphatic carbocycles. The van der Waals surface area contributed by atoms with Gasteiger partial charge in [-0.15, -0.1) is 0 Å². The molecule has 0 spiro atoms. The van der Waals surface area contributed by atoms with Gasteiger partial charge < -0.3 is 0 Å². The summed E-state index contributed by atoms with van der Waals surface area (Å²) >= 11 is 0. The molecule has 0 bridgehead atoms. The van der Waals surface area contributed by atoms with Gasteiger partial charge >= 0.3 is 0 Å². The van der Waals surface area contributed by atoms with E-state index < -0.39 is 0 Å². The minimum atomic E-state index is 0.895. The number of unbranched alkanes of at least 4 members (excludes halogenated alkanes) is 31. The van der Waals surface area contributed by atoms with Crippen molar-refractivity contribution in [2.75, 3.05) is 0 Å². The van der Waals surface area contributed by atoms with Gasteiger partial charge in [-0.2, -0.15) is 0 Å². The molecule has 0 fully saturated rings. The van der Waals surface area contributed by atoms with E-state index in [9.17, 15) is 0 Å². The molecule has 0 heterocycles. The van der Waals surface area contributed by atoms with Gasteiger partial charge in [0, 0.05) is 0 Å². The fraction of sp³-hybridized carbons (Fsp3) is 1.00. The molecule has 0 aromatic rings. The molecule has 0 amide bonds. The van der Waals surface area contributed by atoms with Crippen molar-refractivity contribution in [3.63, 3.8) is 0 Å². The van der Waals surface area contributed by atoms with Gasteiger partial charge in [0.05, 0.1) is 0 Å². The molecule has 0 rings (SSSR count). The maximum atomic E-state index is 2.53. The largest absolute Gasteiger partial charge is 0.0654 e. The fourth-order valence-corrected chi connectivity index (χ4v) is 7.66. The van der Waals surface area contributed by atoms with E-state index in [1.807, 2.05) is 0 Å². The molecule has 2 atom stereocenters. The van der Waals surface area contributed by atoms with Crippen LogP contribution in [0, 0.1) is 17.8 Å². The van der Waals surface area contributed by atoms with Crippen LogP contribution in [0.2, 0.25) is 0 Å². The molecule has 0 N–H and O–H groups in total. The van der Waals surface area contributed by atoms with Crippen LogP contribution in [0.15, 0.2) is 0 Å². The van der Waals surface area contributed by atoms with E-state index in [-0.39, 0.29) is 0 Å². The van der Waals surface area contributed by atoms with Crippen LogP contribution in [0.4, 0.5) is 0 Å². The Morgan fingerprint density at radius 2 is 0.444 bits per heavy atom. The summed E-state index contributed by atoms with van der Waals surface area (Å²) in [5.41, 5.74) is 0. The lowest BCUT2D eigenvalue weighted by Gasteiger charge is -2.17. The second kappa shape index (κ2) is 38.4. The molecule has 272 valence electrons. The van der Waals surface area contributed by atoms with Crippen molar-refractivity contribution in [3.8, 4) is 0 Å². The molecule has 0 aliphatic rings. The van der Waals surface area contributed by atoms with Gasteiger partial charge in [-0.05, 0) is 24.2 Å². The van der Waals surface area contributed by atoms with Crippen molar-refractivity contribution in [2.45, 2.75) is 272 Å². The fourth-order valence-electron chi connectivity index (χ4n) is 7.66. The minimum absolute atomic E-state index is 0.895. The maximum Gasteiger partial charge on any atom is -0.0440 e. The van der Waals surface area contributed by atoms with E-state index in [4.69, 9.17) is 0 Å². The van der Waals surface area contributed by atoms with Gasteiger partial charge in [-0.3, -0.25) is 0 Å². The Morgan fingerprint density at radius 3 is 0.667 bits per heavy atom. The van der Waals surface area contributed by atoms with E-state index in [1.54, 1.807) is 0 Å². The third-order valence-electron chi connectivity index (χ3n) is 10.8. The first-order valence-corrected chi connectivity index (χ1v) is 22.1. The van der Waals surface area contributed by atoms with E-state index >= 15 is 0 Å². The van der Waals surface area contributed by atoms with E-state index in [0.717, 1.165) is 17.8 Å². The summed E-state index contributed by atoms with van der Waals surface area (Å²) in [5.74, 6) is 2.78. The molecule has 0 radical (unpaired) electrons. The Hall–Kier alpha value is 0. The monoisotopic (exact) mass is 633 g/mol. The highest BCUT2D eigenvalue weighted by molar-refractivity contribution is 4.62. The molecule has 2 unspecified atom stereocenters. The van der Waals surface area contributed by atoms with Crippen LogP contribution < -0.4 is 0 Å². The lowest BCUT2D eigenvalue weighted by molar-refractivity contribution is 0.356. The van der Waals surface area contributed by atoms with Gasteiger partial charge in [-0.1, -0.05) is 266 Å². The second-order valence-electron chi connectivity index (χ2n) is 16.5. The van der Waals surface area contributed by atoms with E-state index in [0.29, 0.717) is 0 Å². The second-order valence-corrected chi connectivity index (χ2v) is 16.5. The number of hydrogen-bond donors (Lipinski definition) is 0. The number of hydrogen-bond acceptors (Lipinski definition) is 0. The summed E-state index contributed by atoms with van der Waals surface area (Å²) in [6.45, 7) is 12.1. The Balaban J connectivity index is 3.24. The highest BCUT2D eigenvalue weighted by atomic mass is 14.1. The molecule has 0 aliphatic heterocycles. The van der Waals surface area contributed by atoms with Crippen LogP contribution >= 0.6 is 0 Å². The van der Waals surface area contributed by atoms with Crippen LogP contribution in [-0.4, -0.2) is 0 Å². The van der Waals surface area contributed by atoms with Crippen molar-refractivity contribution >= 4 is 0 Å². The first kappa shape index (κ1) is 45.0. The quantitative estimate of drug-likeness (QED) is 0.0591. The molecule has 0 aromatic carbocycles. The van der Waals surface area contributed by atoms with Crippen molar-refractivity contribution in [1.29, 1.82) is 0 Å². The normalized spacial score (nSPS) is 13.2. The lowest BCUT2D eigenvalue weighted by Crippen LogP contribution is -2.03. The molecule has 0 saturated heterocycles. The summed E-state index contributed by atoms with van der Waals surface area (Å²) in [4.78, 5) is 0. The van der Waals surface area contributed by atoms with Crippen molar-refractivity contribution in [2.24, 2.45) is 17.8 Å². The van der Waals surface area contributed by atoms with Crippen LogP contribution in [0.5, 0.6) is 0 Å². The molecular weight excluding hydrogens is 540 g/mol. The predicted octanol–water partition coefficient (Wildman–Crippen LogP) is 17.4. The van der Waals surface area contributed by atoms with Crippen LogP contribution in [-0.2, 0) is 0 Å². The highest BCUT2D eigenvalue weighted by Crippen LogP contribution is 2.23. The topological polar surface area (TPSA) is 0 Å². The zero-order valence-corrected chi connectivity index (χ0v) is 32.9. The van der Waals surface area contributed by atoms with Gasteiger partial charge in [0.15, 0.2) is 0 Å². The first-order chi connectivity index (χ1) is 22.1. The predicted molar refractivity (Wildman–Crippen MR) is 210 cm³/mol. The van der Waals surface area contributed by atoms with E-state index in [1.165, 1.54) is 238 Å². The summed E-state index contributed by atoms with van der Waals surface area (Å²) in [6, 6.07) is 0. The average molecular weight is 633 g/mol. The van der Waals surface area contributed by atoms with Crippen LogP contribution in [0.1, 0.15) is 272 Å². The Labute approximate surface area is 289 Å². The third kappa shape index (κ3) is 40.1. The van der Waals surface area contributed by atoms with Crippen LogP contribution in [0.3, 0.4) is 0 Å². The zero-order chi connectivity index (χ0) is 32.9. The summed E-state index contributed by atoms with van der Waals surface area (Å²) in [6.07, 6.45) is 54.7. The SMILES string of the molecule is CCCCCCCCCCCCCCCCC(C)CC(C)CCCCCCCCCCCCCCCCCCCCCC(C)C. The molecule has 0 saturated carbocycles. The summed E-state index contributed by atoms with van der Waals surface area (Å²) in [7, 11) is 0. The highest BCUT2D eigenvalue weighted by Gasteiger charge is 2.09. The number of rotatable bonds is 39. The summed E-state index contributed by atoms with van der Waals surface area (Å²) < 4.78 is 0. The van der Waals surface area contributed by atoms with Crippen LogP contribution in [0.25, 0.3) is 0 Å². The Kier molecular flexibility index (Phi) is 38.4. The van der Waals surface area contributed by atoms with Gasteiger partial charge in [-0.25, -0.2) is 0 Å². The average Bonchev–Trinajstić information content (AvgIpc) is 3.01. The van der Waals surface area contributed by atoms with Gasteiger partial charge in [0.25, 0.3) is 0 Å². The minimum Gasteiger partial charge on any atom is -0.0654 e. The smallest absolute Gasteiger partial charge is 0.0440 e. The van der Waals surface area contributed by atoms with Crippen molar-refractivity contribution in [1.82, 2.24) is 0 Å². The lowest BCUT2D eigenvalue weighted by atomic mass is 9.89. The third-order valence-corrected chi connectivity index (χ3v) is 10.8. The standard InChI is InChI=1S/C45H92/c1-6-7-8-9-10-11-12-13-22-25-28-31-34-37-40-44(4)42-45(5)41-38-35-32-29-26-23-20-18-16-14-15-17-19-21-24-27-30-33-36-39-43(2)3/h43-45H,6-42H2,1-5H3. The summed E-state index contributed by atoms with van der Waals surface area (Å²) in [5, 5.41) is 0. The molecular formula is C45H92. The molecule has 0 nitrogen and oxygen atoms in total. The van der Waals surface area contributed by atoms with Crippen molar-refractivity contribution < 1.29 is 0 Å². The van der Waals surface area contributed by atoms with E-state index in [2.05, 4.69) is 34.6 Å². The maximum absolute atomic E-state index is 2.53. The van der Waals surface area contributed by atoms with Crippen molar-refractivity contribution in [3.05, 3.63) is 0 Å². The molecule has 0 heteroatoms. The molecule has 45 heavy (non-hydrogen) atoms. The Bertz CT molecular complexity index is 506. The zero-order valence-electron chi connectivity index (χ0n) is 32.9. The van der Waals surface area contributed by atoms with Gasteiger partial charge in [0.1, 0.15) is 0 Å². The molecule has 0 aromatic heterocycles. The Morgan fingerprint density at radius 1 is 0.244 bits per heavy atom.